The van der Waals surface area contributed by atoms with Gasteiger partial charge in [0.05, 0.1) is 14.8 Å². The van der Waals surface area contributed by atoms with Crippen molar-refractivity contribution in [2.45, 2.75) is 17.6 Å². The standard InChI is InChI=1S/C11H9FN2O4S2/c1-7-13-10(11(19-7)14(15)16)6-20(17,18)9-4-2-3-8(12)5-9/h2-5H,6H2,1H3. The van der Waals surface area contributed by atoms with Crippen LogP contribution in [-0.2, 0) is 15.6 Å². The van der Waals surface area contributed by atoms with Crippen LogP contribution in [0.2, 0.25) is 0 Å². The lowest BCUT2D eigenvalue weighted by Gasteiger charge is -2.02. The fraction of sp³-hybridized carbons (Fsp3) is 0.182. The molecule has 2 rings (SSSR count). The predicted molar refractivity (Wildman–Crippen MR) is 70.8 cm³/mol. The van der Waals surface area contributed by atoms with Crippen molar-refractivity contribution in [2.75, 3.05) is 0 Å². The number of benzene rings is 1. The van der Waals surface area contributed by atoms with Crippen LogP contribution in [0.4, 0.5) is 9.39 Å². The molecule has 9 heteroatoms. The van der Waals surface area contributed by atoms with Crippen LogP contribution < -0.4 is 0 Å². The van der Waals surface area contributed by atoms with Gasteiger partial charge in [-0.3, -0.25) is 10.1 Å². The van der Waals surface area contributed by atoms with E-state index in [2.05, 4.69) is 4.98 Å². The number of hydrogen-bond donors (Lipinski definition) is 0. The maximum absolute atomic E-state index is 13.1. The highest BCUT2D eigenvalue weighted by Gasteiger charge is 2.26. The van der Waals surface area contributed by atoms with Gasteiger partial charge in [0, 0.05) is 0 Å². The minimum Gasteiger partial charge on any atom is -0.257 e. The lowest BCUT2D eigenvalue weighted by molar-refractivity contribution is -0.381. The van der Waals surface area contributed by atoms with Crippen molar-refractivity contribution in [1.29, 1.82) is 0 Å². The van der Waals surface area contributed by atoms with Gasteiger partial charge in [0.25, 0.3) is 0 Å². The van der Waals surface area contributed by atoms with Gasteiger partial charge in [0.15, 0.2) is 9.84 Å². The van der Waals surface area contributed by atoms with E-state index >= 15 is 0 Å². The van der Waals surface area contributed by atoms with Crippen molar-refractivity contribution >= 4 is 26.2 Å². The second-order valence-electron chi connectivity index (χ2n) is 3.96. The summed E-state index contributed by atoms with van der Waals surface area (Å²) in [5.74, 6) is -1.31. The Bertz CT molecular complexity index is 770. The molecule has 0 aliphatic rings. The number of hydrogen-bond acceptors (Lipinski definition) is 6. The molecule has 0 atom stereocenters. The molecule has 0 aliphatic carbocycles. The highest BCUT2D eigenvalue weighted by molar-refractivity contribution is 7.90. The minimum atomic E-state index is -3.88. The summed E-state index contributed by atoms with van der Waals surface area (Å²) in [6, 6.07) is 4.50. The summed E-state index contributed by atoms with van der Waals surface area (Å²) in [4.78, 5) is 13.8. The predicted octanol–water partition coefficient (Wildman–Crippen LogP) is 2.47. The number of rotatable bonds is 4. The Balaban J connectivity index is 2.41. The smallest absolute Gasteiger partial charge is 0.257 e. The number of aryl methyl sites for hydroxylation is 1. The van der Waals surface area contributed by atoms with E-state index in [4.69, 9.17) is 0 Å². The fourth-order valence-corrected chi connectivity index (χ4v) is 3.76. The normalized spacial score (nSPS) is 11.5. The molecule has 1 heterocycles. The molecule has 1 aromatic heterocycles. The highest BCUT2D eigenvalue weighted by atomic mass is 32.2. The summed E-state index contributed by atoms with van der Waals surface area (Å²) >= 11 is 0.813. The number of nitro groups is 1. The summed E-state index contributed by atoms with van der Waals surface area (Å²) < 4.78 is 37.3. The maximum Gasteiger partial charge on any atom is 0.348 e. The van der Waals surface area contributed by atoms with Crippen molar-refractivity contribution in [3.8, 4) is 0 Å². The quantitative estimate of drug-likeness (QED) is 0.638. The Kier molecular flexibility index (Phi) is 3.82. The Labute approximate surface area is 118 Å². The number of sulfone groups is 1. The van der Waals surface area contributed by atoms with E-state index in [1.54, 1.807) is 6.92 Å². The Morgan fingerprint density at radius 3 is 2.75 bits per heavy atom. The largest absolute Gasteiger partial charge is 0.348 e. The molecule has 0 bridgehead atoms. The second-order valence-corrected chi connectivity index (χ2v) is 7.13. The molecule has 0 fully saturated rings. The average Bonchev–Trinajstić information content (AvgIpc) is 2.69. The molecule has 0 amide bonds. The summed E-state index contributed by atoms with van der Waals surface area (Å²) in [6.45, 7) is 1.55. The number of nitrogens with zero attached hydrogens (tertiary/aromatic N) is 2. The average molecular weight is 316 g/mol. The van der Waals surface area contributed by atoms with Crippen LogP contribution in [0.3, 0.4) is 0 Å². The molecule has 106 valence electrons. The summed E-state index contributed by atoms with van der Waals surface area (Å²) in [6.07, 6.45) is 0. The molecule has 0 N–H and O–H groups in total. The van der Waals surface area contributed by atoms with E-state index < -0.39 is 26.3 Å². The number of aromatic nitrogens is 1. The molecule has 6 nitrogen and oxygen atoms in total. The van der Waals surface area contributed by atoms with Crippen LogP contribution in [0.5, 0.6) is 0 Å². The van der Waals surface area contributed by atoms with Gasteiger partial charge in [0.2, 0.25) is 0 Å². The van der Waals surface area contributed by atoms with Crippen LogP contribution in [-0.4, -0.2) is 18.3 Å². The van der Waals surface area contributed by atoms with Gasteiger partial charge >= 0.3 is 5.00 Å². The Morgan fingerprint density at radius 1 is 1.45 bits per heavy atom. The Morgan fingerprint density at radius 2 is 2.15 bits per heavy atom. The van der Waals surface area contributed by atoms with E-state index in [9.17, 15) is 22.9 Å². The molecule has 0 saturated heterocycles. The number of thiazole rings is 1. The van der Waals surface area contributed by atoms with E-state index in [1.165, 1.54) is 12.1 Å². The van der Waals surface area contributed by atoms with E-state index in [1.807, 2.05) is 0 Å². The van der Waals surface area contributed by atoms with Crippen molar-refractivity contribution in [2.24, 2.45) is 0 Å². The van der Waals surface area contributed by atoms with Crippen molar-refractivity contribution in [3.05, 3.63) is 50.9 Å². The van der Waals surface area contributed by atoms with Crippen LogP contribution in [0, 0.1) is 22.9 Å². The van der Waals surface area contributed by atoms with Crippen molar-refractivity contribution < 1.29 is 17.7 Å². The van der Waals surface area contributed by atoms with Gasteiger partial charge in [-0.25, -0.2) is 17.8 Å². The first-order chi connectivity index (χ1) is 9.29. The molecule has 0 spiro atoms. The third-order valence-electron chi connectivity index (χ3n) is 2.43. The SMILES string of the molecule is Cc1nc(CS(=O)(=O)c2cccc(F)c2)c([N+](=O)[O-])s1. The van der Waals surface area contributed by atoms with Gasteiger partial charge in [-0.2, -0.15) is 0 Å². The molecular formula is C11H9FN2O4S2. The summed E-state index contributed by atoms with van der Waals surface area (Å²) in [7, 11) is -3.88. The van der Waals surface area contributed by atoms with Crippen LogP contribution in [0.15, 0.2) is 29.2 Å². The second kappa shape index (κ2) is 5.25. The minimum absolute atomic E-state index is 0.123. The first kappa shape index (κ1) is 14.5. The molecule has 0 aliphatic heterocycles. The zero-order valence-corrected chi connectivity index (χ0v) is 11.9. The topological polar surface area (TPSA) is 90.2 Å². The third-order valence-corrected chi connectivity index (χ3v) is 5.02. The van der Waals surface area contributed by atoms with Gasteiger partial charge in [-0.1, -0.05) is 6.07 Å². The highest BCUT2D eigenvalue weighted by Crippen LogP contribution is 2.29. The fourth-order valence-electron chi connectivity index (χ4n) is 1.62. The van der Waals surface area contributed by atoms with E-state index in [-0.39, 0.29) is 15.6 Å². The molecule has 20 heavy (non-hydrogen) atoms. The molecule has 2 aromatic rings. The number of halogens is 1. The zero-order valence-electron chi connectivity index (χ0n) is 10.2. The Hall–Kier alpha value is -1.87. The van der Waals surface area contributed by atoms with Gasteiger partial charge < -0.3 is 0 Å². The molecule has 1 aromatic carbocycles. The van der Waals surface area contributed by atoms with Crippen LogP contribution in [0.1, 0.15) is 10.7 Å². The van der Waals surface area contributed by atoms with Gasteiger partial charge in [-0.05, 0) is 36.5 Å². The molecule has 0 radical (unpaired) electrons. The van der Waals surface area contributed by atoms with Gasteiger partial charge in [0.1, 0.15) is 17.3 Å². The first-order valence-electron chi connectivity index (χ1n) is 5.38. The lowest BCUT2D eigenvalue weighted by atomic mass is 10.4. The maximum atomic E-state index is 13.1. The van der Waals surface area contributed by atoms with Crippen molar-refractivity contribution in [1.82, 2.24) is 4.98 Å². The first-order valence-corrected chi connectivity index (χ1v) is 7.85. The lowest BCUT2D eigenvalue weighted by Crippen LogP contribution is -2.07. The monoisotopic (exact) mass is 316 g/mol. The van der Waals surface area contributed by atoms with Gasteiger partial charge in [-0.15, -0.1) is 0 Å². The van der Waals surface area contributed by atoms with E-state index in [0.29, 0.717) is 5.01 Å². The summed E-state index contributed by atoms with van der Waals surface area (Å²) in [5.41, 5.74) is -0.123. The molecule has 0 saturated carbocycles. The van der Waals surface area contributed by atoms with Crippen LogP contribution in [0.25, 0.3) is 0 Å². The molecule has 0 unspecified atom stereocenters. The van der Waals surface area contributed by atoms with Crippen LogP contribution >= 0.6 is 11.3 Å². The van der Waals surface area contributed by atoms with E-state index in [0.717, 1.165) is 23.5 Å². The van der Waals surface area contributed by atoms with Crippen molar-refractivity contribution in [3.63, 3.8) is 0 Å². The molecular weight excluding hydrogens is 307 g/mol. The third kappa shape index (κ3) is 2.99. The summed E-state index contributed by atoms with van der Waals surface area (Å²) in [5, 5.41) is 10.9. The zero-order chi connectivity index (χ0) is 14.9.